The summed E-state index contributed by atoms with van der Waals surface area (Å²) in [6.45, 7) is 3.61. The molecule has 0 radical (unpaired) electrons. The van der Waals surface area contributed by atoms with Gasteiger partial charge in [-0.3, -0.25) is 0 Å². The molecule has 0 aliphatic carbocycles. The van der Waals surface area contributed by atoms with Crippen LogP contribution in [-0.2, 0) is 5.75 Å². The Balaban J connectivity index is 1.43. The maximum Gasteiger partial charge on any atom is 0.161 e. The summed E-state index contributed by atoms with van der Waals surface area (Å²) in [6.07, 6.45) is 3.54. The lowest BCUT2D eigenvalue weighted by molar-refractivity contribution is 0.413. The fourth-order valence-corrected chi connectivity index (χ4v) is 4.53. The molecule has 4 rings (SSSR count). The summed E-state index contributed by atoms with van der Waals surface area (Å²) in [6, 6.07) is 16.3. The van der Waals surface area contributed by atoms with Gasteiger partial charge in [0, 0.05) is 44.3 Å². The summed E-state index contributed by atoms with van der Waals surface area (Å²) < 4.78 is 10.9. The van der Waals surface area contributed by atoms with Gasteiger partial charge in [0.05, 0.1) is 19.9 Å². The Kier molecular flexibility index (Phi) is 6.59. The first-order valence-electron chi connectivity index (χ1n) is 9.98. The number of nitrogens with zero attached hydrogens (tertiary/aromatic N) is 4. The third kappa shape index (κ3) is 4.62. The van der Waals surface area contributed by atoms with E-state index < -0.39 is 0 Å². The van der Waals surface area contributed by atoms with Crippen molar-refractivity contribution in [3.63, 3.8) is 0 Å². The molecule has 6 nitrogen and oxygen atoms in total. The van der Waals surface area contributed by atoms with Crippen LogP contribution in [0, 0.1) is 0 Å². The van der Waals surface area contributed by atoms with Crippen LogP contribution in [0.5, 0.6) is 11.5 Å². The second kappa shape index (κ2) is 9.71. The Morgan fingerprint density at radius 1 is 0.867 bits per heavy atom. The summed E-state index contributed by atoms with van der Waals surface area (Å²) >= 11 is 1.71. The third-order valence-corrected chi connectivity index (χ3v) is 6.20. The molecule has 0 spiro atoms. The Bertz CT molecular complexity index is 977. The molecule has 1 aliphatic heterocycles. The van der Waals surface area contributed by atoms with Crippen LogP contribution in [0.25, 0.3) is 0 Å². The molecule has 30 heavy (non-hydrogen) atoms. The van der Waals surface area contributed by atoms with E-state index in [0.717, 1.165) is 60.0 Å². The van der Waals surface area contributed by atoms with Crippen molar-refractivity contribution in [3.05, 3.63) is 66.5 Å². The number of aromatic nitrogens is 2. The molecule has 7 heteroatoms. The molecule has 0 N–H and O–H groups in total. The van der Waals surface area contributed by atoms with Gasteiger partial charge < -0.3 is 19.3 Å². The number of piperazine rings is 1. The number of hydrogen-bond donors (Lipinski definition) is 0. The topological polar surface area (TPSA) is 50.7 Å². The van der Waals surface area contributed by atoms with Crippen LogP contribution >= 0.6 is 11.8 Å². The number of ether oxygens (including phenoxy) is 2. The zero-order valence-electron chi connectivity index (χ0n) is 17.3. The molecule has 1 aliphatic rings. The van der Waals surface area contributed by atoms with E-state index in [1.807, 2.05) is 24.3 Å². The lowest BCUT2D eigenvalue weighted by Crippen LogP contribution is -2.47. The Morgan fingerprint density at radius 3 is 2.43 bits per heavy atom. The van der Waals surface area contributed by atoms with Crippen molar-refractivity contribution in [2.45, 2.75) is 10.8 Å². The van der Waals surface area contributed by atoms with Crippen LogP contribution in [0.2, 0.25) is 0 Å². The first-order chi connectivity index (χ1) is 14.8. The summed E-state index contributed by atoms with van der Waals surface area (Å²) in [5.41, 5.74) is 2.35. The Morgan fingerprint density at radius 2 is 1.63 bits per heavy atom. The molecular formula is C23H26N4O2S. The van der Waals surface area contributed by atoms with E-state index in [0.29, 0.717) is 0 Å². The normalized spacial score (nSPS) is 13.9. The summed E-state index contributed by atoms with van der Waals surface area (Å²) in [5.74, 6) is 3.58. The lowest BCUT2D eigenvalue weighted by atomic mass is 10.2. The van der Waals surface area contributed by atoms with Crippen molar-refractivity contribution in [2.24, 2.45) is 0 Å². The second-order valence-corrected chi connectivity index (χ2v) is 7.94. The Hall–Kier alpha value is -2.93. The van der Waals surface area contributed by atoms with Gasteiger partial charge in [-0.1, -0.05) is 36.0 Å². The highest BCUT2D eigenvalue weighted by molar-refractivity contribution is 7.98. The van der Waals surface area contributed by atoms with E-state index in [9.17, 15) is 0 Å². The summed E-state index contributed by atoms with van der Waals surface area (Å²) in [5, 5.41) is 0.964. The maximum absolute atomic E-state index is 5.53. The van der Waals surface area contributed by atoms with Crippen molar-refractivity contribution in [3.8, 4) is 11.5 Å². The molecule has 1 saturated heterocycles. The van der Waals surface area contributed by atoms with Crippen molar-refractivity contribution in [1.82, 2.24) is 9.97 Å². The molecule has 3 aromatic rings. The van der Waals surface area contributed by atoms with Gasteiger partial charge in [0.1, 0.15) is 16.5 Å². The molecule has 0 bridgehead atoms. The van der Waals surface area contributed by atoms with Crippen LogP contribution in [0.4, 0.5) is 11.5 Å². The van der Waals surface area contributed by atoms with Gasteiger partial charge >= 0.3 is 0 Å². The molecule has 0 unspecified atom stereocenters. The summed E-state index contributed by atoms with van der Waals surface area (Å²) in [4.78, 5) is 14.0. The molecule has 0 atom stereocenters. The third-order valence-electron chi connectivity index (χ3n) is 5.16. The van der Waals surface area contributed by atoms with Gasteiger partial charge in [0.2, 0.25) is 0 Å². The van der Waals surface area contributed by atoms with Gasteiger partial charge in [-0.15, -0.1) is 0 Å². The minimum absolute atomic E-state index is 0.823. The SMILES string of the molecule is COc1cccc(CSc2nccnc2N2CCN(c3ccccc3OC)CC2)c1. The average Bonchev–Trinajstić information content (AvgIpc) is 2.83. The van der Waals surface area contributed by atoms with E-state index >= 15 is 0 Å². The number of benzene rings is 2. The molecule has 0 saturated carbocycles. The Labute approximate surface area is 181 Å². The van der Waals surface area contributed by atoms with E-state index in [1.54, 1.807) is 38.4 Å². The molecule has 1 aromatic heterocycles. The van der Waals surface area contributed by atoms with Gasteiger partial charge in [-0.05, 0) is 29.8 Å². The van der Waals surface area contributed by atoms with Gasteiger partial charge in [0.25, 0.3) is 0 Å². The van der Waals surface area contributed by atoms with Gasteiger partial charge in [-0.25, -0.2) is 9.97 Å². The minimum Gasteiger partial charge on any atom is -0.497 e. The van der Waals surface area contributed by atoms with Crippen LogP contribution < -0.4 is 19.3 Å². The largest absolute Gasteiger partial charge is 0.497 e. The highest BCUT2D eigenvalue weighted by Gasteiger charge is 2.22. The lowest BCUT2D eigenvalue weighted by Gasteiger charge is -2.37. The van der Waals surface area contributed by atoms with Gasteiger partial charge in [-0.2, -0.15) is 0 Å². The highest BCUT2D eigenvalue weighted by Crippen LogP contribution is 2.32. The highest BCUT2D eigenvalue weighted by atomic mass is 32.2. The molecule has 2 aromatic carbocycles. The van der Waals surface area contributed by atoms with Crippen molar-refractivity contribution < 1.29 is 9.47 Å². The number of thioether (sulfide) groups is 1. The fraction of sp³-hybridized carbons (Fsp3) is 0.304. The van der Waals surface area contributed by atoms with E-state index in [-0.39, 0.29) is 0 Å². The fourth-order valence-electron chi connectivity index (χ4n) is 3.60. The molecule has 2 heterocycles. The predicted molar refractivity (Wildman–Crippen MR) is 122 cm³/mol. The predicted octanol–water partition coefficient (Wildman–Crippen LogP) is 4.11. The molecule has 0 amide bonds. The monoisotopic (exact) mass is 422 g/mol. The van der Waals surface area contributed by atoms with Crippen molar-refractivity contribution >= 4 is 23.3 Å². The van der Waals surface area contributed by atoms with Crippen molar-refractivity contribution in [2.75, 3.05) is 50.2 Å². The molecular weight excluding hydrogens is 396 g/mol. The average molecular weight is 423 g/mol. The standard InChI is InChI=1S/C23H26N4O2S/c1-28-19-7-5-6-18(16-19)17-30-23-22(24-10-11-25-23)27-14-12-26(13-15-27)20-8-3-4-9-21(20)29-2/h3-11,16H,12-15,17H2,1-2H3. The summed E-state index contributed by atoms with van der Waals surface area (Å²) in [7, 11) is 3.41. The quantitative estimate of drug-likeness (QED) is 0.531. The van der Waals surface area contributed by atoms with Crippen LogP contribution in [-0.4, -0.2) is 50.4 Å². The first-order valence-corrected chi connectivity index (χ1v) is 11.0. The second-order valence-electron chi connectivity index (χ2n) is 6.97. The zero-order valence-corrected chi connectivity index (χ0v) is 18.1. The number of methoxy groups -OCH3 is 2. The van der Waals surface area contributed by atoms with Crippen LogP contribution in [0.1, 0.15) is 5.56 Å². The first kappa shape index (κ1) is 20.3. The number of para-hydroxylation sites is 2. The van der Waals surface area contributed by atoms with Crippen LogP contribution in [0.15, 0.2) is 66.0 Å². The van der Waals surface area contributed by atoms with E-state index in [2.05, 4.69) is 44.0 Å². The molecule has 1 fully saturated rings. The maximum atomic E-state index is 5.53. The smallest absolute Gasteiger partial charge is 0.161 e. The van der Waals surface area contributed by atoms with Crippen molar-refractivity contribution in [1.29, 1.82) is 0 Å². The number of rotatable bonds is 7. The van der Waals surface area contributed by atoms with E-state index in [4.69, 9.17) is 9.47 Å². The van der Waals surface area contributed by atoms with E-state index in [1.165, 1.54) is 5.56 Å². The zero-order chi connectivity index (χ0) is 20.8. The number of anilines is 2. The number of hydrogen-bond acceptors (Lipinski definition) is 7. The molecule has 156 valence electrons. The minimum atomic E-state index is 0.823. The van der Waals surface area contributed by atoms with Gasteiger partial charge in [0.15, 0.2) is 5.82 Å². The van der Waals surface area contributed by atoms with Crippen LogP contribution in [0.3, 0.4) is 0 Å².